The molecule has 0 radical (unpaired) electrons. The lowest BCUT2D eigenvalue weighted by Crippen LogP contribution is -2.36. The molecule has 4 aromatic heterocycles. The van der Waals surface area contributed by atoms with Crippen LogP contribution in [-0.2, 0) is 4.74 Å². The minimum Gasteiger partial charge on any atom is -0.447 e. The predicted octanol–water partition coefficient (Wildman–Crippen LogP) is 4.00. The molecule has 1 aliphatic heterocycles. The normalized spacial score (nSPS) is 13.9. The number of ether oxygens (including phenoxy) is 1. The van der Waals surface area contributed by atoms with Gasteiger partial charge in [0.05, 0.1) is 35.1 Å². The van der Waals surface area contributed by atoms with Crippen LogP contribution in [0.15, 0.2) is 55.4 Å². The number of carbonyl (C=O) groups is 1. The second-order valence-corrected chi connectivity index (χ2v) is 8.38. The highest BCUT2D eigenvalue weighted by molar-refractivity contribution is 5.78. The van der Waals surface area contributed by atoms with E-state index >= 15 is 0 Å². The summed E-state index contributed by atoms with van der Waals surface area (Å²) in [5.74, 6) is 0.706. The summed E-state index contributed by atoms with van der Waals surface area (Å²) in [4.78, 5) is 27.2. The van der Waals surface area contributed by atoms with Crippen molar-refractivity contribution in [1.29, 1.82) is 0 Å². The van der Waals surface area contributed by atoms with Crippen LogP contribution < -0.4 is 5.32 Å². The van der Waals surface area contributed by atoms with Gasteiger partial charge in [0.1, 0.15) is 12.7 Å². The van der Waals surface area contributed by atoms with E-state index < -0.39 is 0 Å². The van der Waals surface area contributed by atoms with E-state index in [1.54, 1.807) is 15.9 Å². The van der Waals surface area contributed by atoms with Gasteiger partial charge in [0, 0.05) is 19.3 Å². The lowest BCUT2D eigenvalue weighted by atomic mass is 10.1. The van der Waals surface area contributed by atoms with Gasteiger partial charge in [-0.15, -0.1) is 0 Å². The van der Waals surface area contributed by atoms with E-state index in [1.165, 1.54) is 6.33 Å². The van der Waals surface area contributed by atoms with E-state index in [4.69, 9.17) is 4.74 Å². The number of nitrogens with zero attached hydrogens (tertiary/aromatic N) is 7. The Morgan fingerprint density at radius 3 is 2.79 bits per heavy atom. The van der Waals surface area contributed by atoms with Crippen molar-refractivity contribution < 1.29 is 9.53 Å². The van der Waals surface area contributed by atoms with Gasteiger partial charge in [0.2, 0.25) is 0 Å². The van der Waals surface area contributed by atoms with E-state index in [2.05, 4.69) is 35.8 Å². The maximum absolute atomic E-state index is 12.2. The molecule has 0 bridgehead atoms. The SMILES string of the molecule is Cc1nc(-n2cncn2)ccc1Nc1cccn2c(C3=CCN(C(=O)OC(C)C)CC3)cnc12. The van der Waals surface area contributed by atoms with Crippen molar-refractivity contribution in [2.45, 2.75) is 33.3 Å². The van der Waals surface area contributed by atoms with Crippen molar-refractivity contribution >= 4 is 28.7 Å². The maximum Gasteiger partial charge on any atom is 0.410 e. The summed E-state index contributed by atoms with van der Waals surface area (Å²) >= 11 is 0. The first kappa shape index (κ1) is 21.6. The molecule has 1 N–H and O–H groups in total. The van der Waals surface area contributed by atoms with Gasteiger partial charge in [-0.2, -0.15) is 5.10 Å². The number of pyridine rings is 2. The van der Waals surface area contributed by atoms with Crippen LogP contribution in [-0.4, -0.2) is 59.3 Å². The number of hydrogen-bond donors (Lipinski definition) is 1. The summed E-state index contributed by atoms with van der Waals surface area (Å²) in [6, 6.07) is 7.85. The minimum atomic E-state index is -0.270. The molecule has 5 rings (SSSR count). The molecule has 0 spiro atoms. The summed E-state index contributed by atoms with van der Waals surface area (Å²) in [6.07, 6.45) is 9.41. The number of fused-ring (bicyclic) bond motifs is 1. The highest BCUT2D eigenvalue weighted by Crippen LogP contribution is 2.28. The van der Waals surface area contributed by atoms with Crippen LogP contribution in [0.4, 0.5) is 16.2 Å². The van der Waals surface area contributed by atoms with Crippen LogP contribution in [0, 0.1) is 6.92 Å². The quantitative estimate of drug-likeness (QED) is 0.482. The maximum atomic E-state index is 12.2. The van der Waals surface area contributed by atoms with Crippen LogP contribution in [0.25, 0.3) is 17.0 Å². The van der Waals surface area contributed by atoms with Crippen molar-refractivity contribution in [1.82, 2.24) is 34.0 Å². The topological polar surface area (TPSA) is 102 Å². The first-order valence-electron chi connectivity index (χ1n) is 11.2. The van der Waals surface area contributed by atoms with Crippen LogP contribution in [0.1, 0.15) is 31.7 Å². The Morgan fingerprint density at radius 2 is 2.09 bits per heavy atom. The first-order valence-corrected chi connectivity index (χ1v) is 11.2. The van der Waals surface area contributed by atoms with Crippen LogP contribution >= 0.6 is 0 Å². The average Bonchev–Trinajstić information content (AvgIpc) is 3.51. The third-order valence-corrected chi connectivity index (χ3v) is 5.66. The number of hydrogen-bond acceptors (Lipinski definition) is 7. The third-order valence-electron chi connectivity index (χ3n) is 5.66. The van der Waals surface area contributed by atoms with E-state index in [0.29, 0.717) is 18.9 Å². The van der Waals surface area contributed by atoms with Crippen molar-refractivity contribution in [3.05, 3.63) is 66.8 Å². The highest BCUT2D eigenvalue weighted by atomic mass is 16.6. The zero-order chi connectivity index (χ0) is 23.7. The summed E-state index contributed by atoms with van der Waals surface area (Å²) in [7, 11) is 0. The van der Waals surface area contributed by atoms with Gasteiger partial charge >= 0.3 is 6.09 Å². The second-order valence-electron chi connectivity index (χ2n) is 8.38. The first-order chi connectivity index (χ1) is 16.5. The number of anilines is 2. The number of carbonyl (C=O) groups excluding carboxylic acids is 1. The average molecular weight is 459 g/mol. The van der Waals surface area contributed by atoms with Crippen LogP contribution in [0.2, 0.25) is 0 Å². The molecular formula is C24H26N8O2. The van der Waals surface area contributed by atoms with Crippen LogP contribution in [0.5, 0.6) is 0 Å². The molecule has 10 heteroatoms. The molecular weight excluding hydrogens is 432 g/mol. The Morgan fingerprint density at radius 1 is 1.21 bits per heavy atom. The van der Waals surface area contributed by atoms with Crippen molar-refractivity contribution in [2.24, 2.45) is 0 Å². The molecule has 1 aliphatic rings. The van der Waals surface area contributed by atoms with Crippen molar-refractivity contribution in [3.63, 3.8) is 0 Å². The Balaban J connectivity index is 1.37. The third kappa shape index (κ3) is 4.21. The molecule has 0 aliphatic carbocycles. The number of aromatic nitrogens is 6. The lowest BCUT2D eigenvalue weighted by molar-refractivity contribution is 0.0799. The number of imidazole rings is 1. The predicted molar refractivity (Wildman–Crippen MR) is 128 cm³/mol. The minimum absolute atomic E-state index is 0.125. The Kier molecular flexibility index (Phi) is 5.70. The van der Waals surface area contributed by atoms with E-state index in [-0.39, 0.29) is 12.2 Å². The van der Waals surface area contributed by atoms with E-state index in [1.807, 2.05) is 57.4 Å². The van der Waals surface area contributed by atoms with Crippen molar-refractivity contribution in [2.75, 3.05) is 18.4 Å². The van der Waals surface area contributed by atoms with Gasteiger partial charge in [0.25, 0.3) is 0 Å². The molecule has 0 saturated heterocycles. The van der Waals surface area contributed by atoms with Gasteiger partial charge in [0.15, 0.2) is 11.5 Å². The molecule has 34 heavy (non-hydrogen) atoms. The largest absolute Gasteiger partial charge is 0.447 e. The molecule has 1 amide bonds. The van der Waals surface area contributed by atoms with E-state index in [9.17, 15) is 4.79 Å². The molecule has 174 valence electrons. The summed E-state index contributed by atoms with van der Waals surface area (Å²) in [5.41, 5.74) is 5.61. The second kappa shape index (κ2) is 8.97. The Hall–Kier alpha value is -4.21. The zero-order valence-electron chi connectivity index (χ0n) is 19.3. The molecule has 10 nitrogen and oxygen atoms in total. The van der Waals surface area contributed by atoms with Gasteiger partial charge in [-0.1, -0.05) is 6.08 Å². The molecule has 0 aromatic carbocycles. The van der Waals surface area contributed by atoms with Gasteiger partial charge in [-0.3, -0.25) is 4.40 Å². The smallest absolute Gasteiger partial charge is 0.410 e. The summed E-state index contributed by atoms with van der Waals surface area (Å²) in [5, 5.41) is 7.60. The standard InChI is InChI=1S/C24H26N8O2/c1-16(2)34-24(33)30-11-8-18(9-12-30)21-13-26-23-20(5-4-10-31(21)23)29-19-6-7-22(28-17(19)3)32-15-25-14-27-32/h4-8,10,13-16,29H,9,11-12H2,1-3H3. The number of nitrogens with one attached hydrogen (secondary N) is 1. The van der Waals surface area contributed by atoms with Gasteiger partial charge < -0.3 is 15.0 Å². The summed E-state index contributed by atoms with van der Waals surface area (Å²) in [6.45, 7) is 6.80. The molecule has 0 saturated carbocycles. The Bertz CT molecular complexity index is 1360. The fraction of sp³-hybridized carbons (Fsp3) is 0.292. The van der Waals surface area contributed by atoms with Crippen LogP contribution in [0.3, 0.4) is 0 Å². The van der Waals surface area contributed by atoms with Gasteiger partial charge in [-0.05, 0) is 57.0 Å². The molecule has 0 unspecified atom stereocenters. The fourth-order valence-electron chi connectivity index (χ4n) is 3.97. The van der Waals surface area contributed by atoms with Crippen molar-refractivity contribution in [3.8, 4) is 5.82 Å². The number of rotatable bonds is 5. The number of amides is 1. The lowest BCUT2D eigenvalue weighted by Gasteiger charge is -2.26. The van der Waals surface area contributed by atoms with E-state index in [0.717, 1.165) is 40.4 Å². The molecule has 5 heterocycles. The monoisotopic (exact) mass is 458 g/mol. The molecule has 0 fully saturated rings. The van der Waals surface area contributed by atoms with Gasteiger partial charge in [-0.25, -0.2) is 24.4 Å². The molecule has 0 atom stereocenters. The summed E-state index contributed by atoms with van der Waals surface area (Å²) < 4.78 is 9.01. The number of aryl methyl sites for hydroxylation is 1. The zero-order valence-corrected chi connectivity index (χ0v) is 19.3. The highest BCUT2D eigenvalue weighted by Gasteiger charge is 2.21. The molecule has 4 aromatic rings. The fourth-order valence-corrected chi connectivity index (χ4v) is 3.97. The Labute approximate surface area is 196 Å².